The van der Waals surface area contributed by atoms with E-state index in [0.29, 0.717) is 29.0 Å². The van der Waals surface area contributed by atoms with E-state index in [1.165, 1.54) is 11.8 Å². The van der Waals surface area contributed by atoms with E-state index in [2.05, 4.69) is 20.8 Å². The number of amides is 2. The Labute approximate surface area is 185 Å². The lowest BCUT2D eigenvalue weighted by Gasteiger charge is -2.16. The van der Waals surface area contributed by atoms with Crippen molar-refractivity contribution in [3.8, 4) is 11.5 Å². The Hall–Kier alpha value is -3.33. The second-order valence-electron chi connectivity index (χ2n) is 6.61. The van der Waals surface area contributed by atoms with E-state index in [1.807, 2.05) is 44.2 Å². The van der Waals surface area contributed by atoms with Crippen LogP contribution in [0.2, 0.25) is 0 Å². The van der Waals surface area contributed by atoms with Gasteiger partial charge in [-0.15, -0.1) is 5.10 Å². The number of carbonyl (C=O) groups is 2. The van der Waals surface area contributed by atoms with E-state index in [1.54, 1.807) is 24.4 Å². The molecule has 1 atom stereocenters. The number of hydrogen-bond acceptors (Lipinski definition) is 7. The number of carbonyl (C=O) groups excluding carboxylic acids is 2. The minimum Gasteiger partial charge on any atom is -0.490 e. The first kappa shape index (κ1) is 22.4. The Morgan fingerprint density at radius 1 is 1.23 bits per heavy atom. The molecule has 8 nitrogen and oxygen atoms in total. The maximum atomic E-state index is 12.3. The van der Waals surface area contributed by atoms with Crippen molar-refractivity contribution in [2.75, 3.05) is 19.0 Å². The lowest BCUT2D eigenvalue weighted by molar-refractivity contribution is -0.123. The number of hydrogen-bond donors (Lipinski definition) is 2. The Morgan fingerprint density at radius 2 is 2.03 bits per heavy atom. The van der Waals surface area contributed by atoms with Crippen molar-refractivity contribution in [1.29, 1.82) is 0 Å². The summed E-state index contributed by atoms with van der Waals surface area (Å²) in [6, 6.07) is 14.9. The highest BCUT2D eigenvalue weighted by molar-refractivity contribution is 8.15. The van der Waals surface area contributed by atoms with Crippen LogP contribution in [0.15, 0.2) is 58.7 Å². The van der Waals surface area contributed by atoms with Crippen molar-refractivity contribution in [2.24, 2.45) is 10.2 Å². The van der Waals surface area contributed by atoms with Gasteiger partial charge in [-0.1, -0.05) is 42.1 Å². The van der Waals surface area contributed by atoms with Crippen LogP contribution in [0, 0.1) is 0 Å². The van der Waals surface area contributed by atoms with Crippen LogP contribution in [0.1, 0.15) is 31.0 Å². The molecule has 0 aromatic heterocycles. The Balaban J connectivity index is 1.59. The predicted octanol–water partition coefficient (Wildman–Crippen LogP) is 2.89. The topological polar surface area (TPSA) is 101 Å². The zero-order chi connectivity index (χ0) is 22.1. The van der Waals surface area contributed by atoms with Crippen LogP contribution in [0.25, 0.3) is 0 Å². The molecule has 0 radical (unpaired) electrons. The van der Waals surface area contributed by atoms with Gasteiger partial charge >= 0.3 is 0 Å². The highest BCUT2D eigenvalue weighted by Gasteiger charge is 2.16. The summed E-state index contributed by atoms with van der Waals surface area (Å²) >= 11 is 1.30. The van der Waals surface area contributed by atoms with Crippen molar-refractivity contribution in [1.82, 2.24) is 10.6 Å². The molecule has 2 N–H and O–H groups in total. The molecular formula is C22H24N4O4S. The van der Waals surface area contributed by atoms with Gasteiger partial charge in [-0.2, -0.15) is 5.10 Å². The fraction of sp³-hybridized carbons (Fsp3) is 0.273. The number of ether oxygens (including phenoxy) is 2. The third-order valence-corrected chi connectivity index (χ3v) is 5.11. The highest BCUT2D eigenvalue weighted by atomic mass is 32.2. The lowest BCUT2D eigenvalue weighted by atomic mass is 10.1. The van der Waals surface area contributed by atoms with Crippen LogP contribution in [-0.2, 0) is 9.59 Å². The molecule has 31 heavy (non-hydrogen) atoms. The molecule has 0 saturated carbocycles. The first-order valence-corrected chi connectivity index (χ1v) is 10.8. The molecule has 0 aliphatic carbocycles. The molecule has 1 aliphatic rings. The average molecular weight is 441 g/mol. The molecule has 1 fully saturated rings. The van der Waals surface area contributed by atoms with E-state index >= 15 is 0 Å². The monoisotopic (exact) mass is 440 g/mol. The molecule has 2 aromatic rings. The van der Waals surface area contributed by atoms with Gasteiger partial charge in [0.1, 0.15) is 0 Å². The second kappa shape index (κ2) is 11.2. The summed E-state index contributed by atoms with van der Waals surface area (Å²) in [4.78, 5) is 23.4. The van der Waals surface area contributed by atoms with Crippen LogP contribution in [-0.4, -0.2) is 42.2 Å². The predicted molar refractivity (Wildman–Crippen MR) is 122 cm³/mol. The molecular weight excluding hydrogens is 416 g/mol. The number of thioether (sulfide) groups is 1. The number of nitrogens with one attached hydrogen (secondary N) is 2. The largest absolute Gasteiger partial charge is 0.490 e. The molecule has 1 aliphatic heterocycles. The maximum absolute atomic E-state index is 12.3. The average Bonchev–Trinajstić information content (AvgIpc) is 3.19. The normalized spacial score (nSPS) is 15.7. The van der Waals surface area contributed by atoms with Gasteiger partial charge in [0, 0.05) is 0 Å². The Morgan fingerprint density at radius 3 is 2.74 bits per heavy atom. The van der Waals surface area contributed by atoms with Crippen molar-refractivity contribution in [3.63, 3.8) is 0 Å². The molecule has 1 heterocycles. The fourth-order valence-electron chi connectivity index (χ4n) is 2.77. The fourth-order valence-corrected chi connectivity index (χ4v) is 3.40. The van der Waals surface area contributed by atoms with E-state index in [9.17, 15) is 9.59 Å². The van der Waals surface area contributed by atoms with E-state index < -0.39 is 0 Å². The van der Waals surface area contributed by atoms with Crippen molar-refractivity contribution in [2.45, 2.75) is 19.9 Å². The number of benzene rings is 2. The number of nitrogens with zero attached hydrogens (tertiary/aromatic N) is 2. The molecule has 0 spiro atoms. The minimum absolute atomic E-state index is 0.0821. The van der Waals surface area contributed by atoms with Crippen LogP contribution in [0.5, 0.6) is 11.5 Å². The van der Waals surface area contributed by atoms with E-state index in [4.69, 9.17) is 9.47 Å². The number of rotatable bonds is 9. The molecule has 2 aromatic carbocycles. The van der Waals surface area contributed by atoms with Crippen molar-refractivity contribution < 1.29 is 19.1 Å². The zero-order valence-electron chi connectivity index (χ0n) is 17.3. The molecule has 0 bridgehead atoms. The zero-order valence-corrected chi connectivity index (χ0v) is 18.1. The van der Waals surface area contributed by atoms with Gasteiger partial charge in [-0.05, 0) is 43.2 Å². The number of amidine groups is 1. The summed E-state index contributed by atoms with van der Waals surface area (Å²) in [6.07, 6.45) is 1.55. The van der Waals surface area contributed by atoms with Crippen LogP contribution in [0.4, 0.5) is 0 Å². The first-order chi connectivity index (χ1) is 15.0. The van der Waals surface area contributed by atoms with Gasteiger partial charge in [0.15, 0.2) is 23.3 Å². The molecule has 2 amide bonds. The maximum Gasteiger partial charge on any atom is 0.258 e. The highest BCUT2D eigenvalue weighted by Crippen LogP contribution is 2.28. The summed E-state index contributed by atoms with van der Waals surface area (Å²) < 4.78 is 11.3. The first-order valence-electron chi connectivity index (χ1n) is 9.82. The van der Waals surface area contributed by atoms with Gasteiger partial charge in [0.05, 0.1) is 24.6 Å². The quantitative estimate of drug-likeness (QED) is 0.461. The van der Waals surface area contributed by atoms with Crippen LogP contribution >= 0.6 is 11.8 Å². The third-order valence-electron chi connectivity index (χ3n) is 4.25. The van der Waals surface area contributed by atoms with Crippen molar-refractivity contribution in [3.05, 3.63) is 59.7 Å². The molecule has 162 valence electrons. The summed E-state index contributed by atoms with van der Waals surface area (Å²) in [5, 5.41) is 14.0. The minimum atomic E-state index is -0.226. The lowest BCUT2D eigenvalue weighted by Crippen LogP contribution is -2.31. The Kier molecular flexibility index (Phi) is 8.05. The summed E-state index contributed by atoms with van der Waals surface area (Å²) in [6.45, 7) is 4.10. The van der Waals surface area contributed by atoms with Gasteiger partial charge in [-0.3, -0.25) is 9.59 Å². The molecule has 1 saturated heterocycles. The summed E-state index contributed by atoms with van der Waals surface area (Å²) in [5.74, 6) is 1.02. The second-order valence-corrected chi connectivity index (χ2v) is 7.58. The van der Waals surface area contributed by atoms with Crippen molar-refractivity contribution >= 4 is 35.0 Å². The van der Waals surface area contributed by atoms with Gasteiger partial charge in [0.25, 0.3) is 5.91 Å². The summed E-state index contributed by atoms with van der Waals surface area (Å²) in [7, 11) is 0. The molecule has 9 heteroatoms. The molecule has 1 unspecified atom stereocenters. The SMILES string of the molecule is CCOc1cc(C=NN=C2NC(=O)CS2)ccc1OCC(=O)NC(C)c1ccccc1. The Bertz CT molecular complexity index is 979. The van der Waals surface area contributed by atoms with Gasteiger partial charge < -0.3 is 20.1 Å². The van der Waals surface area contributed by atoms with Crippen LogP contribution < -0.4 is 20.1 Å². The third kappa shape index (κ3) is 6.85. The van der Waals surface area contributed by atoms with Gasteiger partial charge in [-0.25, -0.2) is 0 Å². The smallest absolute Gasteiger partial charge is 0.258 e. The van der Waals surface area contributed by atoms with Gasteiger partial charge in [0.2, 0.25) is 5.91 Å². The van der Waals surface area contributed by atoms with E-state index in [0.717, 1.165) is 11.1 Å². The van der Waals surface area contributed by atoms with Crippen LogP contribution in [0.3, 0.4) is 0 Å². The molecule has 3 rings (SSSR count). The summed E-state index contributed by atoms with van der Waals surface area (Å²) in [5.41, 5.74) is 1.77. The van der Waals surface area contributed by atoms with E-state index in [-0.39, 0.29) is 24.5 Å². The standard InChI is InChI=1S/C22H24N4O4S/c1-3-29-19-11-16(12-23-26-22-25-21(28)14-31-22)9-10-18(19)30-13-20(27)24-15(2)17-7-5-4-6-8-17/h4-12,15H,3,13-14H2,1-2H3,(H,24,27)(H,25,26,28).